The molecule has 2 aromatic rings. The van der Waals surface area contributed by atoms with Crippen molar-refractivity contribution in [2.45, 2.75) is 19.1 Å². The van der Waals surface area contributed by atoms with E-state index in [0.717, 1.165) is 5.57 Å². The molecule has 3 N–H and O–H groups in total. The number of nitrogens with one attached hydrogen (secondary N) is 2. The lowest BCUT2D eigenvalue weighted by Gasteiger charge is -2.21. The van der Waals surface area contributed by atoms with Crippen LogP contribution in [0, 0.1) is 0 Å². The molecular formula is C21H24N2O5. The highest BCUT2D eigenvalue weighted by Gasteiger charge is 2.32. The second-order valence-corrected chi connectivity index (χ2v) is 6.64. The summed E-state index contributed by atoms with van der Waals surface area (Å²) in [5.74, 6) is 0.919. The molecule has 1 aliphatic heterocycles. The van der Waals surface area contributed by atoms with E-state index >= 15 is 0 Å². The van der Waals surface area contributed by atoms with Gasteiger partial charge < -0.3 is 19.3 Å². The van der Waals surface area contributed by atoms with Crippen LogP contribution < -0.4 is 20.3 Å². The van der Waals surface area contributed by atoms with Crippen molar-refractivity contribution >= 4 is 5.97 Å². The highest BCUT2D eigenvalue weighted by Crippen LogP contribution is 2.33. The minimum absolute atomic E-state index is 0.120. The molecule has 2 atom stereocenters. The van der Waals surface area contributed by atoms with E-state index in [1.54, 1.807) is 36.4 Å². The van der Waals surface area contributed by atoms with Crippen LogP contribution in [0.1, 0.15) is 28.9 Å². The molecule has 0 aromatic heterocycles. The molecular weight excluding hydrogens is 360 g/mol. The van der Waals surface area contributed by atoms with E-state index in [1.165, 1.54) is 7.11 Å². The Morgan fingerprint density at radius 2 is 1.93 bits per heavy atom. The van der Waals surface area contributed by atoms with Gasteiger partial charge in [-0.3, -0.25) is 5.43 Å². The molecule has 0 radical (unpaired) electrons. The summed E-state index contributed by atoms with van der Waals surface area (Å²) in [5, 5.41) is 10.4. The summed E-state index contributed by atoms with van der Waals surface area (Å²) in [5.41, 5.74) is 8.24. The first kappa shape index (κ1) is 19.7. The number of ether oxygens (including phenoxy) is 3. The minimum atomic E-state index is -0.396. The first-order chi connectivity index (χ1) is 13.5. The van der Waals surface area contributed by atoms with Gasteiger partial charge in [-0.05, 0) is 48.9 Å². The fraction of sp³-hybridized carbons (Fsp3) is 0.286. The van der Waals surface area contributed by atoms with Gasteiger partial charge in [-0.15, -0.1) is 0 Å². The van der Waals surface area contributed by atoms with Crippen LogP contribution in [-0.2, 0) is 4.74 Å². The third kappa shape index (κ3) is 4.62. The van der Waals surface area contributed by atoms with Gasteiger partial charge in [0.2, 0.25) is 0 Å². The third-order valence-electron chi connectivity index (χ3n) is 4.32. The largest absolute Gasteiger partial charge is 0.507 e. The van der Waals surface area contributed by atoms with Crippen molar-refractivity contribution in [1.29, 1.82) is 0 Å². The Morgan fingerprint density at radius 1 is 1.21 bits per heavy atom. The third-order valence-corrected chi connectivity index (χ3v) is 4.32. The molecule has 1 saturated heterocycles. The predicted octanol–water partition coefficient (Wildman–Crippen LogP) is 2.73. The lowest BCUT2D eigenvalue weighted by atomic mass is 10.0. The number of rotatable bonds is 7. The molecule has 0 bridgehead atoms. The van der Waals surface area contributed by atoms with Crippen LogP contribution in [0.2, 0.25) is 0 Å². The number of phenolic OH excluding ortho intramolecular Hbond substituents is 1. The molecule has 0 spiro atoms. The fourth-order valence-corrected chi connectivity index (χ4v) is 2.91. The Balaban J connectivity index is 1.70. The van der Waals surface area contributed by atoms with Crippen molar-refractivity contribution in [2.75, 3.05) is 20.3 Å². The molecule has 3 rings (SSSR count). The molecule has 2 unspecified atom stereocenters. The first-order valence-electron chi connectivity index (χ1n) is 8.91. The number of carbonyl (C=O) groups excluding carboxylic acids is 1. The van der Waals surface area contributed by atoms with E-state index in [1.807, 2.05) is 13.0 Å². The van der Waals surface area contributed by atoms with Gasteiger partial charge in [0.15, 0.2) is 0 Å². The standard InChI is InChI=1S/C21H24N2O5/c1-13(2)12-27-16-8-9-17(18(24)10-16)20-19(11-22-23-20)28-15-6-4-14(5-7-15)21(25)26-3/h4-10,19-20,22-24H,1,11-12H2,2-3H3. The number of carbonyl (C=O) groups is 1. The molecule has 0 amide bonds. The maximum Gasteiger partial charge on any atom is 0.337 e. The van der Waals surface area contributed by atoms with Gasteiger partial charge in [0.25, 0.3) is 0 Å². The Hall–Kier alpha value is -3.03. The fourth-order valence-electron chi connectivity index (χ4n) is 2.91. The molecule has 1 heterocycles. The maximum absolute atomic E-state index is 11.5. The van der Waals surface area contributed by atoms with Gasteiger partial charge in [-0.25, -0.2) is 10.2 Å². The van der Waals surface area contributed by atoms with Gasteiger partial charge in [0, 0.05) is 18.2 Å². The quantitative estimate of drug-likeness (QED) is 0.500. The number of phenols is 1. The van der Waals surface area contributed by atoms with Crippen molar-refractivity contribution in [2.24, 2.45) is 0 Å². The van der Waals surface area contributed by atoms with Crippen molar-refractivity contribution in [1.82, 2.24) is 10.9 Å². The second kappa shape index (κ2) is 8.77. The van der Waals surface area contributed by atoms with Crippen LogP contribution in [0.3, 0.4) is 0 Å². The van der Waals surface area contributed by atoms with Gasteiger partial charge >= 0.3 is 5.97 Å². The zero-order chi connectivity index (χ0) is 20.1. The first-order valence-corrected chi connectivity index (χ1v) is 8.91. The molecule has 1 aliphatic rings. The van der Waals surface area contributed by atoms with E-state index in [-0.39, 0.29) is 17.9 Å². The normalized spacial score (nSPS) is 18.5. The van der Waals surface area contributed by atoms with Crippen LogP contribution in [0.25, 0.3) is 0 Å². The maximum atomic E-state index is 11.5. The Bertz CT molecular complexity index is 850. The number of benzene rings is 2. The summed E-state index contributed by atoms with van der Waals surface area (Å²) in [6.07, 6.45) is -0.253. The molecule has 7 heteroatoms. The summed E-state index contributed by atoms with van der Waals surface area (Å²) in [7, 11) is 1.34. The number of hydrogen-bond acceptors (Lipinski definition) is 7. The van der Waals surface area contributed by atoms with Crippen molar-refractivity contribution in [3.8, 4) is 17.2 Å². The van der Waals surface area contributed by atoms with E-state index in [0.29, 0.717) is 35.8 Å². The zero-order valence-corrected chi connectivity index (χ0v) is 15.9. The SMILES string of the molecule is C=C(C)COc1ccc(C2NNCC2Oc2ccc(C(=O)OC)cc2)c(O)c1. The molecule has 28 heavy (non-hydrogen) atoms. The van der Waals surface area contributed by atoms with Crippen LogP contribution in [-0.4, -0.2) is 37.4 Å². The molecule has 1 fully saturated rings. The number of hydrazine groups is 1. The van der Waals surface area contributed by atoms with E-state index in [9.17, 15) is 9.90 Å². The van der Waals surface area contributed by atoms with Crippen LogP contribution >= 0.6 is 0 Å². The van der Waals surface area contributed by atoms with E-state index in [4.69, 9.17) is 14.2 Å². The Kier molecular flexibility index (Phi) is 6.18. The smallest absolute Gasteiger partial charge is 0.337 e. The monoisotopic (exact) mass is 384 g/mol. The number of hydrogen-bond donors (Lipinski definition) is 3. The van der Waals surface area contributed by atoms with Gasteiger partial charge in [-0.2, -0.15) is 0 Å². The van der Waals surface area contributed by atoms with Crippen molar-refractivity contribution < 1.29 is 24.1 Å². The van der Waals surface area contributed by atoms with Gasteiger partial charge in [-0.1, -0.05) is 6.58 Å². The summed E-state index contributed by atoms with van der Waals surface area (Å²) in [6, 6.07) is 11.7. The van der Waals surface area contributed by atoms with Gasteiger partial charge in [0.05, 0.1) is 18.7 Å². The molecule has 2 aromatic carbocycles. The number of aromatic hydroxyl groups is 1. The molecule has 0 aliphatic carbocycles. The predicted molar refractivity (Wildman–Crippen MR) is 104 cm³/mol. The minimum Gasteiger partial charge on any atom is -0.507 e. The summed E-state index contributed by atoms with van der Waals surface area (Å²) in [4.78, 5) is 11.5. The summed E-state index contributed by atoms with van der Waals surface area (Å²) < 4.78 is 16.3. The van der Waals surface area contributed by atoms with Gasteiger partial charge in [0.1, 0.15) is 30.0 Å². The lowest BCUT2D eigenvalue weighted by molar-refractivity contribution is 0.0600. The average molecular weight is 384 g/mol. The highest BCUT2D eigenvalue weighted by atomic mass is 16.5. The topological polar surface area (TPSA) is 89.0 Å². The van der Waals surface area contributed by atoms with Crippen molar-refractivity contribution in [3.63, 3.8) is 0 Å². The summed E-state index contributed by atoms with van der Waals surface area (Å²) in [6.45, 7) is 6.62. The Morgan fingerprint density at radius 3 is 2.57 bits per heavy atom. The average Bonchev–Trinajstić information content (AvgIpc) is 3.14. The molecule has 7 nitrogen and oxygen atoms in total. The van der Waals surface area contributed by atoms with Crippen LogP contribution in [0.15, 0.2) is 54.6 Å². The van der Waals surface area contributed by atoms with E-state index in [2.05, 4.69) is 17.4 Å². The highest BCUT2D eigenvalue weighted by molar-refractivity contribution is 5.89. The number of methoxy groups -OCH3 is 1. The number of esters is 1. The second-order valence-electron chi connectivity index (χ2n) is 6.64. The summed E-state index contributed by atoms with van der Waals surface area (Å²) >= 11 is 0. The Labute approximate surface area is 163 Å². The zero-order valence-electron chi connectivity index (χ0n) is 15.9. The molecule has 0 saturated carbocycles. The lowest BCUT2D eigenvalue weighted by Crippen LogP contribution is -2.28. The molecule has 148 valence electrons. The van der Waals surface area contributed by atoms with Crippen molar-refractivity contribution in [3.05, 3.63) is 65.7 Å². The van der Waals surface area contributed by atoms with Crippen LogP contribution in [0.5, 0.6) is 17.2 Å². The van der Waals surface area contributed by atoms with Crippen LogP contribution in [0.4, 0.5) is 0 Å². The van der Waals surface area contributed by atoms with E-state index < -0.39 is 5.97 Å².